The maximum Gasteiger partial charge on any atom is 0.513 e. The van der Waals surface area contributed by atoms with Crippen LogP contribution in [0.4, 0.5) is 0 Å². The molecular weight excluding hydrogens is 215 g/mol. The molecule has 0 rings (SSSR count). The standard InChI is InChI=1S/C8H15O3P.C2H6.H2O/c1-7(2)4-3-5-8(9)6-12(10)11;1-2;/h7H,3-6H2,1-2H3;1-2H3;1H2/p+1. The van der Waals surface area contributed by atoms with Crippen molar-refractivity contribution in [2.45, 2.75) is 47.0 Å². The molecule has 0 aromatic carbocycles. The molecule has 0 aliphatic heterocycles. The number of carbonyl (C=O) groups excluding carboxylic acids is 1. The lowest BCUT2D eigenvalue weighted by Gasteiger charge is -2.00. The first-order valence-corrected chi connectivity index (χ1v) is 6.57. The first-order chi connectivity index (χ1) is 6.52. The lowest BCUT2D eigenvalue weighted by Crippen LogP contribution is -2.01. The van der Waals surface area contributed by atoms with Crippen LogP contribution in [0, 0.1) is 5.92 Å². The smallest absolute Gasteiger partial charge is 0.412 e. The van der Waals surface area contributed by atoms with E-state index in [1.165, 1.54) is 0 Å². The molecule has 0 aliphatic carbocycles. The summed E-state index contributed by atoms with van der Waals surface area (Å²) in [5.74, 6) is 0.500. The van der Waals surface area contributed by atoms with E-state index in [0.717, 1.165) is 12.8 Å². The number of ketones is 1. The van der Waals surface area contributed by atoms with Gasteiger partial charge in [0.2, 0.25) is 6.16 Å². The maximum absolute atomic E-state index is 10.9. The van der Waals surface area contributed by atoms with Crippen molar-refractivity contribution in [3.8, 4) is 0 Å². The lowest BCUT2D eigenvalue weighted by molar-refractivity contribution is -0.116. The van der Waals surface area contributed by atoms with Crippen LogP contribution < -0.4 is 0 Å². The van der Waals surface area contributed by atoms with E-state index in [1.807, 2.05) is 13.8 Å². The Morgan fingerprint density at radius 3 is 2.13 bits per heavy atom. The van der Waals surface area contributed by atoms with Crippen LogP contribution in [0.15, 0.2) is 0 Å². The summed E-state index contributed by atoms with van der Waals surface area (Å²) in [6.45, 7) is 8.19. The third-order valence-corrected chi connectivity index (χ3v) is 2.17. The fourth-order valence-electron chi connectivity index (χ4n) is 0.937. The van der Waals surface area contributed by atoms with Gasteiger partial charge in [0.15, 0.2) is 5.78 Å². The molecule has 0 spiro atoms. The van der Waals surface area contributed by atoms with Gasteiger partial charge < -0.3 is 5.48 Å². The highest BCUT2D eigenvalue weighted by atomic mass is 31.1. The summed E-state index contributed by atoms with van der Waals surface area (Å²) < 4.78 is 10.2. The first-order valence-electron chi connectivity index (χ1n) is 5.17. The van der Waals surface area contributed by atoms with Gasteiger partial charge in [-0.25, -0.2) is 0 Å². The Morgan fingerprint density at radius 2 is 1.80 bits per heavy atom. The average Bonchev–Trinajstić information content (AvgIpc) is 2.05. The van der Waals surface area contributed by atoms with Crippen LogP contribution in [0.2, 0.25) is 0 Å². The van der Waals surface area contributed by atoms with E-state index in [2.05, 4.69) is 13.8 Å². The van der Waals surface area contributed by atoms with Gasteiger partial charge in [-0.05, 0) is 16.9 Å². The average molecular weight is 239 g/mol. The predicted octanol–water partition coefficient (Wildman–Crippen LogP) is 2.32. The molecular formula is C10H24O4P+. The van der Waals surface area contributed by atoms with Crippen LogP contribution in [0.5, 0.6) is 0 Å². The fraction of sp³-hybridized carbons (Fsp3) is 0.900. The zero-order valence-electron chi connectivity index (χ0n) is 10.1. The molecule has 0 saturated carbocycles. The van der Waals surface area contributed by atoms with Crippen molar-refractivity contribution in [2.75, 3.05) is 6.16 Å². The van der Waals surface area contributed by atoms with Gasteiger partial charge in [-0.2, -0.15) is 4.89 Å². The molecule has 4 nitrogen and oxygen atoms in total. The van der Waals surface area contributed by atoms with E-state index in [4.69, 9.17) is 4.89 Å². The summed E-state index contributed by atoms with van der Waals surface area (Å²) in [6.07, 6.45) is 2.11. The largest absolute Gasteiger partial charge is 0.513 e. The molecule has 0 heterocycles. The minimum absolute atomic E-state index is 0. The molecule has 1 unspecified atom stereocenters. The minimum Gasteiger partial charge on any atom is -0.412 e. The van der Waals surface area contributed by atoms with Crippen LogP contribution in [0.3, 0.4) is 0 Å². The van der Waals surface area contributed by atoms with Gasteiger partial charge in [0.1, 0.15) is 0 Å². The van der Waals surface area contributed by atoms with E-state index >= 15 is 0 Å². The Bertz CT molecular complexity index is 169. The van der Waals surface area contributed by atoms with Crippen molar-refractivity contribution in [1.29, 1.82) is 0 Å². The third kappa shape index (κ3) is 19.9. The summed E-state index contributed by atoms with van der Waals surface area (Å²) in [7, 11) is -2.27. The second-order valence-electron chi connectivity index (χ2n) is 3.34. The molecule has 0 saturated heterocycles. The molecule has 0 fully saturated rings. The van der Waals surface area contributed by atoms with Crippen molar-refractivity contribution >= 4 is 13.8 Å². The Kier molecular flexibility index (Phi) is 18.4. The maximum atomic E-state index is 10.9. The topological polar surface area (TPSA) is 85.9 Å². The van der Waals surface area contributed by atoms with Crippen molar-refractivity contribution in [1.82, 2.24) is 0 Å². The quantitative estimate of drug-likeness (QED) is 0.721. The van der Waals surface area contributed by atoms with Gasteiger partial charge in [0.25, 0.3) is 0 Å². The summed E-state index contributed by atoms with van der Waals surface area (Å²) in [4.78, 5) is 19.3. The molecule has 0 radical (unpaired) electrons. The highest BCUT2D eigenvalue weighted by Crippen LogP contribution is 2.14. The molecule has 92 valence electrons. The van der Waals surface area contributed by atoms with Crippen LogP contribution >= 0.6 is 8.03 Å². The van der Waals surface area contributed by atoms with E-state index in [1.54, 1.807) is 0 Å². The number of hydrogen-bond acceptors (Lipinski definition) is 2. The Labute approximate surface area is 93.3 Å². The summed E-state index contributed by atoms with van der Waals surface area (Å²) in [5.41, 5.74) is 0. The fourth-order valence-corrected chi connectivity index (χ4v) is 1.40. The Morgan fingerprint density at radius 1 is 1.33 bits per heavy atom. The second-order valence-corrected chi connectivity index (χ2v) is 4.36. The van der Waals surface area contributed by atoms with Gasteiger partial charge in [-0.1, -0.05) is 34.1 Å². The molecule has 0 aliphatic rings. The Hall–Kier alpha value is -0.310. The van der Waals surface area contributed by atoms with E-state index < -0.39 is 8.03 Å². The van der Waals surface area contributed by atoms with Gasteiger partial charge in [-0.15, -0.1) is 0 Å². The number of hydrogen-bond donors (Lipinski definition) is 1. The van der Waals surface area contributed by atoms with E-state index in [0.29, 0.717) is 12.3 Å². The predicted molar refractivity (Wildman–Crippen MR) is 63.4 cm³/mol. The zero-order chi connectivity index (χ0) is 11.6. The van der Waals surface area contributed by atoms with Crippen molar-refractivity contribution < 1.29 is 19.7 Å². The van der Waals surface area contributed by atoms with E-state index in [9.17, 15) is 9.36 Å². The van der Waals surface area contributed by atoms with Crippen molar-refractivity contribution in [3.05, 3.63) is 0 Å². The van der Waals surface area contributed by atoms with E-state index in [-0.39, 0.29) is 17.4 Å². The van der Waals surface area contributed by atoms with Crippen molar-refractivity contribution in [3.63, 3.8) is 0 Å². The van der Waals surface area contributed by atoms with Crippen molar-refractivity contribution in [2.24, 2.45) is 5.92 Å². The summed E-state index contributed by atoms with van der Waals surface area (Å²) in [5, 5.41) is 0. The van der Waals surface area contributed by atoms with Crippen LogP contribution in [-0.2, 0) is 9.36 Å². The van der Waals surface area contributed by atoms with Crippen LogP contribution in [-0.4, -0.2) is 22.3 Å². The first kappa shape index (κ1) is 20.1. The Balaban J connectivity index is -0.000000449. The normalized spacial score (nSPS) is 9.87. The molecule has 5 heteroatoms. The molecule has 1 atom stereocenters. The molecule has 0 aromatic heterocycles. The molecule has 0 bridgehead atoms. The van der Waals surface area contributed by atoms with Gasteiger partial charge in [-0.3, -0.25) is 4.79 Å². The highest BCUT2D eigenvalue weighted by molar-refractivity contribution is 7.39. The minimum atomic E-state index is -2.27. The zero-order valence-corrected chi connectivity index (χ0v) is 11.0. The number of carbonyl (C=O) groups is 1. The molecule has 3 N–H and O–H groups in total. The van der Waals surface area contributed by atoms with Gasteiger partial charge in [0.05, 0.1) is 0 Å². The third-order valence-electron chi connectivity index (χ3n) is 1.55. The molecule has 15 heavy (non-hydrogen) atoms. The van der Waals surface area contributed by atoms with Crippen LogP contribution in [0.1, 0.15) is 47.0 Å². The second kappa shape index (κ2) is 13.7. The monoisotopic (exact) mass is 239 g/mol. The summed E-state index contributed by atoms with van der Waals surface area (Å²) in [6, 6.07) is 0. The van der Waals surface area contributed by atoms with Gasteiger partial charge in [0, 0.05) is 6.42 Å². The van der Waals surface area contributed by atoms with Gasteiger partial charge >= 0.3 is 8.03 Å². The number of rotatable bonds is 6. The lowest BCUT2D eigenvalue weighted by atomic mass is 10.1. The summed E-state index contributed by atoms with van der Waals surface area (Å²) >= 11 is 0. The molecule has 0 amide bonds. The number of Topliss-reactive ketones (excluding diaryl/α,β-unsaturated/α-hetero) is 1. The SMILES string of the molecule is CC.CC(C)CCCC(=O)C[P+](=O)O.O. The molecule has 0 aromatic rings. The highest BCUT2D eigenvalue weighted by Gasteiger charge is 2.16. The van der Waals surface area contributed by atoms with Crippen LogP contribution in [0.25, 0.3) is 0 Å².